The maximum atomic E-state index is 12.4. The number of fused-ring (bicyclic) bond motifs is 1. The fourth-order valence-electron chi connectivity index (χ4n) is 2.75. The summed E-state index contributed by atoms with van der Waals surface area (Å²) in [6.07, 6.45) is -0.100. The standard InChI is InChI=1S/C21H19N3O5S/c1-2-19(26)22-14-9-7-13(8-10-14)15(25)12-30-21-24-23-20(29-21)18-11-27-16-5-3-4-6-17(16)28-18/h3-10,18H,2,11-12H2,1H3,(H,22,26). The number of aromatic nitrogens is 2. The number of carbonyl (C=O) groups excluding carboxylic acids is 2. The van der Waals surface area contributed by atoms with Crippen LogP contribution in [0.2, 0.25) is 0 Å². The van der Waals surface area contributed by atoms with Gasteiger partial charge in [0.25, 0.3) is 11.1 Å². The van der Waals surface area contributed by atoms with Crippen molar-refractivity contribution in [3.05, 3.63) is 60.0 Å². The first-order valence-electron chi connectivity index (χ1n) is 9.40. The highest BCUT2D eigenvalue weighted by molar-refractivity contribution is 7.99. The summed E-state index contributed by atoms with van der Waals surface area (Å²) in [7, 11) is 0. The van der Waals surface area contributed by atoms with Gasteiger partial charge < -0.3 is 19.2 Å². The minimum Gasteiger partial charge on any atom is -0.485 e. The molecule has 0 saturated carbocycles. The van der Waals surface area contributed by atoms with Gasteiger partial charge in [-0.2, -0.15) is 0 Å². The van der Waals surface area contributed by atoms with Gasteiger partial charge in [-0.15, -0.1) is 10.2 Å². The van der Waals surface area contributed by atoms with Crippen molar-refractivity contribution in [1.29, 1.82) is 0 Å². The van der Waals surface area contributed by atoms with Crippen molar-refractivity contribution in [3.8, 4) is 11.5 Å². The van der Waals surface area contributed by atoms with E-state index in [1.165, 1.54) is 0 Å². The minimum atomic E-state index is -0.497. The number of ether oxygens (including phenoxy) is 2. The van der Waals surface area contributed by atoms with E-state index in [0.29, 0.717) is 35.1 Å². The molecule has 1 amide bonds. The van der Waals surface area contributed by atoms with Crippen molar-refractivity contribution in [2.75, 3.05) is 17.7 Å². The Labute approximate surface area is 177 Å². The van der Waals surface area contributed by atoms with Gasteiger partial charge in [0, 0.05) is 17.7 Å². The Bertz CT molecular complexity index is 1050. The van der Waals surface area contributed by atoms with Crippen molar-refractivity contribution in [3.63, 3.8) is 0 Å². The zero-order valence-electron chi connectivity index (χ0n) is 16.2. The lowest BCUT2D eigenvalue weighted by Crippen LogP contribution is -2.21. The number of amides is 1. The molecule has 2 aromatic carbocycles. The van der Waals surface area contributed by atoms with Crippen LogP contribution in [0.4, 0.5) is 5.69 Å². The highest BCUT2D eigenvalue weighted by Gasteiger charge is 2.27. The molecule has 0 saturated heterocycles. The van der Waals surface area contributed by atoms with Crippen LogP contribution in [0.25, 0.3) is 0 Å². The number of nitrogens with one attached hydrogen (secondary N) is 1. The van der Waals surface area contributed by atoms with Gasteiger partial charge in [-0.25, -0.2) is 0 Å². The summed E-state index contributed by atoms with van der Waals surface area (Å²) in [6, 6.07) is 14.1. The Kier molecular flexibility index (Phi) is 5.99. The third-order valence-electron chi connectivity index (χ3n) is 4.34. The van der Waals surface area contributed by atoms with Crippen LogP contribution in [0.5, 0.6) is 11.5 Å². The van der Waals surface area contributed by atoms with Gasteiger partial charge in [-0.05, 0) is 36.4 Å². The van der Waals surface area contributed by atoms with Crippen molar-refractivity contribution in [2.24, 2.45) is 0 Å². The van der Waals surface area contributed by atoms with E-state index in [9.17, 15) is 9.59 Å². The number of ketones is 1. The lowest BCUT2D eigenvalue weighted by atomic mass is 10.1. The Morgan fingerprint density at radius 1 is 1.10 bits per heavy atom. The lowest BCUT2D eigenvalue weighted by molar-refractivity contribution is -0.115. The van der Waals surface area contributed by atoms with E-state index >= 15 is 0 Å². The van der Waals surface area contributed by atoms with Crippen LogP contribution in [0.15, 0.2) is 58.2 Å². The quantitative estimate of drug-likeness (QED) is 0.449. The first-order valence-corrected chi connectivity index (χ1v) is 10.4. The van der Waals surface area contributed by atoms with Crippen molar-refractivity contribution in [2.45, 2.75) is 24.7 Å². The number of nitrogens with zero attached hydrogens (tertiary/aromatic N) is 2. The van der Waals surface area contributed by atoms with E-state index in [4.69, 9.17) is 13.9 Å². The van der Waals surface area contributed by atoms with Gasteiger partial charge >= 0.3 is 0 Å². The fourth-order valence-corrected chi connectivity index (χ4v) is 3.41. The third-order valence-corrected chi connectivity index (χ3v) is 5.16. The second kappa shape index (κ2) is 9.00. The molecule has 1 aliphatic rings. The number of hydrogen-bond donors (Lipinski definition) is 1. The van der Waals surface area contributed by atoms with E-state index in [1.807, 2.05) is 24.3 Å². The van der Waals surface area contributed by atoms with Crippen LogP contribution in [-0.4, -0.2) is 34.2 Å². The van der Waals surface area contributed by atoms with E-state index in [1.54, 1.807) is 31.2 Å². The largest absolute Gasteiger partial charge is 0.485 e. The van der Waals surface area contributed by atoms with E-state index in [2.05, 4.69) is 15.5 Å². The Morgan fingerprint density at radius 2 is 1.87 bits per heavy atom. The molecule has 3 aromatic rings. The lowest BCUT2D eigenvalue weighted by Gasteiger charge is -2.23. The number of hydrogen-bond acceptors (Lipinski definition) is 8. The molecule has 30 heavy (non-hydrogen) atoms. The molecule has 8 nitrogen and oxygen atoms in total. The number of carbonyl (C=O) groups is 2. The van der Waals surface area contributed by atoms with E-state index < -0.39 is 6.10 Å². The molecule has 0 radical (unpaired) electrons. The van der Waals surface area contributed by atoms with Crippen LogP contribution in [0, 0.1) is 0 Å². The summed E-state index contributed by atoms with van der Waals surface area (Å²) < 4.78 is 17.1. The normalized spacial score (nSPS) is 14.9. The molecule has 0 fully saturated rings. The molecule has 1 unspecified atom stereocenters. The molecule has 2 heterocycles. The predicted octanol–water partition coefficient (Wildman–Crippen LogP) is 3.91. The second-order valence-electron chi connectivity index (χ2n) is 6.46. The van der Waals surface area contributed by atoms with Gasteiger partial charge in [-0.1, -0.05) is 30.8 Å². The molecular weight excluding hydrogens is 406 g/mol. The fraction of sp³-hybridized carbons (Fsp3) is 0.238. The van der Waals surface area contributed by atoms with Crippen molar-refractivity contribution < 1.29 is 23.5 Å². The summed E-state index contributed by atoms with van der Waals surface area (Å²) >= 11 is 1.16. The first kappa shape index (κ1) is 20.0. The van der Waals surface area contributed by atoms with Crippen LogP contribution in [0.3, 0.4) is 0 Å². The van der Waals surface area contributed by atoms with Gasteiger partial charge in [0.15, 0.2) is 17.3 Å². The Balaban J connectivity index is 1.32. The number of rotatable bonds is 7. The topological polar surface area (TPSA) is 104 Å². The van der Waals surface area contributed by atoms with Gasteiger partial charge in [-0.3, -0.25) is 9.59 Å². The van der Waals surface area contributed by atoms with Crippen LogP contribution >= 0.6 is 11.8 Å². The smallest absolute Gasteiger partial charge is 0.277 e. The maximum Gasteiger partial charge on any atom is 0.277 e. The number of para-hydroxylation sites is 2. The zero-order valence-corrected chi connectivity index (χ0v) is 17.0. The van der Waals surface area contributed by atoms with Crippen LogP contribution in [-0.2, 0) is 4.79 Å². The van der Waals surface area contributed by atoms with Crippen LogP contribution < -0.4 is 14.8 Å². The number of thioether (sulfide) groups is 1. The third kappa shape index (κ3) is 4.62. The highest BCUT2D eigenvalue weighted by Crippen LogP contribution is 2.36. The van der Waals surface area contributed by atoms with Gasteiger partial charge in [0.1, 0.15) is 6.61 Å². The average molecular weight is 425 g/mol. The van der Waals surface area contributed by atoms with Crippen molar-refractivity contribution >= 4 is 29.1 Å². The molecule has 154 valence electrons. The number of benzene rings is 2. The molecule has 9 heteroatoms. The molecule has 1 atom stereocenters. The summed E-state index contributed by atoms with van der Waals surface area (Å²) in [4.78, 5) is 23.8. The minimum absolute atomic E-state index is 0.0762. The average Bonchev–Trinajstić information content (AvgIpc) is 3.26. The first-order chi connectivity index (χ1) is 14.6. The summed E-state index contributed by atoms with van der Waals surface area (Å²) in [5, 5.41) is 11.0. The molecule has 0 aliphatic carbocycles. The van der Waals surface area contributed by atoms with E-state index in [0.717, 1.165) is 11.8 Å². The zero-order chi connectivity index (χ0) is 20.9. The maximum absolute atomic E-state index is 12.4. The molecule has 1 aromatic heterocycles. The molecule has 1 N–H and O–H groups in total. The molecule has 0 spiro atoms. The van der Waals surface area contributed by atoms with Crippen molar-refractivity contribution in [1.82, 2.24) is 10.2 Å². The second-order valence-corrected chi connectivity index (χ2v) is 7.39. The number of Topliss-reactive ketones (excluding diaryl/α,β-unsaturated/α-hetero) is 1. The Hall–Kier alpha value is -3.33. The Morgan fingerprint density at radius 3 is 2.63 bits per heavy atom. The van der Waals surface area contributed by atoms with Gasteiger partial charge in [0.05, 0.1) is 5.75 Å². The molecule has 4 rings (SSSR count). The number of anilines is 1. The predicted molar refractivity (Wildman–Crippen MR) is 110 cm³/mol. The van der Waals surface area contributed by atoms with Crippen LogP contribution in [0.1, 0.15) is 35.7 Å². The summed E-state index contributed by atoms with van der Waals surface area (Å²) in [5.41, 5.74) is 1.20. The highest BCUT2D eigenvalue weighted by atomic mass is 32.2. The molecule has 1 aliphatic heterocycles. The summed E-state index contributed by atoms with van der Waals surface area (Å²) in [6.45, 7) is 2.04. The summed E-state index contributed by atoms with van der Waals surface area (Å²) in [5.74, 6) is 1.58. The van der Waals surface area contributed by atoms with Gasteiger partial charge in [0.2, 0.25) is 12.0 Å². The SMILES string of the molecule is CCC(=O)Nc1ccc(C(=O)CSc2nnc(C3COc4ccccc4O3)o2)cc1. The molecular formula is C21H19N3O5S. The van der Waals surface area contributed by atoms with E-state index in [-0.39, 0.29) is 29.3 Å². The molecule has 0 bridgehead atoms. The monoisotopic (exact) mass is 425 g/mol.